The van der Waals surface area contributed by atoms with Gasteiger partial charge in [0.25, 0.3) is 0 Å². The highest BCUT2D eigenvalue weighted by Crippen LogP contribution is 2.46. The maximum Gasteiger partial charge on any atom is 0.120 e. The van der Waals surface area contributed by atoms with Gasteiger partial charge in [0.15, 0.2) is 0 Å². The minimum atomic E-state index is -0.220. The molecule has 2 heteroatoms. The van der Waals surface area contributed by atoms with Crippen LogP contribution in [-0.4, -0.2) is 6.10 Å². The van der Waals surface area contributed by atoms with Crippen molar-refractivity contribution in [1.82, 2.24) is 0 Å². The highest BCUT2D eigenvalue weighted by atomic mass is 16.5. The SMILES string of the molecule is CC1CCC(C(C)C)C(N)(c2cccc(OC(C)C)c2)C1. The Kier molecular flexibility index (Phi) is 4.98. The summed E-state index contributed by atoms with van der Waals surface area (Å²) in [6.45, 7) is 11.1. The van der Waals surface area contributed by atoms with Crippen molar-refractivity contribution in [3.8, 4) is 5.75 Å². The van der Waals surface area contributed by atoms with Crippen LogP contribution in [0.4, 0.5) is 0 Å². The number of hydrogen-bond donors (Lipinski definition) is 1. The van der Waals surface area contributed by atoms with Gasteiger partial charge in [0, 0.05) is 5.54 Å². The number of nitrogens with two attached hydrogens (primary N) is 1. The third-order valence-corrected chi connectivity index (χ3v) is 4.87. The van der Waals surface area contributed by atoms with Gasteiger partial charge in [-0.05, 0) is 62.1 Å². The Balaban J connectivity index is 2.35. The Hall–Kier alpha value is -1.02. The molecule has 1 saturated carbocycles. The van der Waals surface area contributed by atoms with Crippen molar-refractivity contribution in [3.05, 3.63) is 29.8 Å². The lowest BCUT2D eigenvalue weighted by molar-refractivity contribution is 0.108. The van der Waals surface area contributed by atoms with Crippen molar-refractivity contribution in [2.45, 2.75) is 65.5 Å². The largest absolute Gasteiger partial charge is 0.491 e. The van der Waals surface area contributed by atoms with Gasteiger partial charge in [0.2, 0.25) is 0 Å². The molecule has 1 aromatic rings. The molecule has 21 heavy (non-hydrogen) atoms. The summed E-state index contributed by atoms with van der Waals surface area (Å²) in [7, 11) is 0. The number of ether oxygens (including phenoxy) is 1. The maximum atomic E-state index is 6.96. The fourth-order valence-corrected chi connectivity index (χ4v) is 3.94. The van der Waals surface area contributed by atoms with E-state index in [1.54, 1.807) is 0 Å². The molecule has 1 aliphatic rings. The molecule has 0 spiro atoms. The molecule has 3 unspecified atom stereocenters. The molecule has 0 heterocycles. The quantitative estimate of drug-likeness (QED) is 0.870. The Morgan fingerprint density at radius 2 is 1.90 bits per heavy atom. The predicted octanol–water partition coefficient (Wildman–Crippen LogP) is 4.72. The molecule has 118 valence electrons. The summed E-state index contributed by atoms with van der Waals surface area (Å²) in [6, 6.07) is 8.45. The van der Waals surface area contributed by atoms with Crippen molar-refractivity contribution in [1.29, 1.82) is 0 Å². The van der Waals surface area contributed by atoms with E-state index in [9.17, 15) is 0 Å². The zero-order valence-corrected chi connectivity index (χ0v) is 14.2. The number of benzene rings is 1. The van der Waals surface area contributed by atoms with Crippen molar-refractivity contribution < 1.29 is 4.74 Å². The molecule has 1 aromatic carbocycles. The van der Waals surface area contributed by atoms with E-state index in [-0.39, 0.29) is 11.6 Å². The Labute approximate surface area is 130 Å². The molecule has 0 aromatic heterocycles. The van der Waals surface area contributed by atoms with Gasteiger partial charge in [-0.2, -0.15) is 0 Å². The van der Waals surface area contributed by atoms with Crippen molar-refractivity contribution >= 4 is 0 Å². The summed E-state index contributed by atoms with van der Waals surface area (Å²) in [5.74, 6) is 2.79. The van der Waals surface area contributed by atoms with E-state index < -0.39 is 0 Å². The molecule has 0 saturated heterocycles. The van der Waals surface area contributed by atoms with Crippen LogP contribution in [0, 0.1) is 17.8 Å². The first kappa shape index (κ1) is 16.4. The lowest BCUT2D eigenvalue weighted by Crippen LogP contribution is -2.50. The van der Waals surface area contributed by atoms with Gasteiger partial charge in [-0.15, -0.1) is 0 Å². The summed E-state index contributed by atoms with van der Waals surface area (Å²) < 4.78 is 5.86. The van der Waals surface area contributed by atoms with Crippen LogP contribution >= 0.6 is 0 Å². The standard InChI is InChI=1S/C19H31NO/c1-13(2)18-10-9-15(5)12-19(18,20)16-7-6-8-17(11-16)21-14(3)4/h6-8,11,13-15,18H,9-10,12,20H2,1-5H3. The Bertz CT molecular complexity index is 468. The summed E-state index contributed by atoms with van der Waals surface area (Å²) >= 11 is 0. The van der Waals surface area contributed by atoms with E-state index in [0.717, 1.165) is 12.2 Å². The third-order valence-electron chi connectivity index (χ3n) is 4.87. The van der Waals surface area contributed by atoms with Crippen LogP contribution in [0.3, 0.4) is 0 Å². The third kappa shape index (κ3) is 3.60. The molecule has 2 nitrogen and oxygen atoms in total. The zero-order valence-electron chi connectivity index (χ0n) is 14.2. The van der Waals surface area contributed by atoms with Crippen LogP contribution in [-0.2, 0) is 5.54 Å². The molecular formula is C19H31NO. The van der Waals surface area contributed by atoms with Crippen LogP contribution in [0.2, 0.25) is 0 Å². The summed E-state index contributed by atoms with van der Waals surface area (Å²) in [4.78, 5) is 0. The van der Waals surface area contributed by atoms with E-state index in [1.165, 1.54) is 18.4 Å². The van der Waals surface area contributed by atoms with Gasteiger partial charge < -0.3 is 10.5 Å². The summed E-state index contributed by atoms with van der Waals surface area (Å²) in [5.41, 5.74) is 7.98. The number of rotatable bonds is 4. The molecule has 2 rings (SSSR count). The van der Waals surface area contributed by atoms with E-state index in [4.69, 9.17) is 10.5 Å². The van der Waals surface area contributed by atoms with Crippen LogP contribution in [0.15, 0.2) is 24.3 Å². The van der Waals surface area contributed by atoms with Crippen LogP contribution < -0.4 is 10.5 Å². The highest BCUT2D eigenvalue weighted by Gasteiger charge is 2.42. The second-order valence-electron chi connectivity index (χ2n) is 7.47. The molecule has 3 atom stereocenters. The first-order valence-corrected chi connectivity index (χ1v) is 8.39. The zero-order chi connectivity index (χ0) is 15.6. The number of hydrogen-bond acceptors (Lipinski definition) is 2. The second kappa shape index (κ2) is 6.39. The molecule has 0 aliphatic heterocycles. The Morgan fingerprint density at radius 1 is 1.19 bits per heavy atom. The average molecular weight is 289 g/mol. The molecule has 0 radical (unpaired) electrons. The van der Waals surface area contributed by atoms with Gasteiger partial charge in [-0.3, -0.25) is 0 Å². The average Bonchev–Trinajstić information content (AvgIpc) is 2.37. The molecule has 1 fully saturated rings. The predicted molar refractivity (Wildman–Crippen MR) is 89.4 cm³/mol. The van der Waals surface area contributed by atoms with Gasteiger partial charge in [-0.25, -0.2) is 0 Å². The molecule has 2 N–H and O–H groups in total. The monoisotopic (exact) mass is 289 g/mol. The van der Waals surface area contributed by atoms with Gasteiger partial charge >= 0.3 is 0 Å². The molecule has 0 amide bonds. The van der Waals surface area contributed by atoms with Gasteiger partial charge in [-0.1, -0.05) is 39.3 Å². The van der Waals surface area contributed by atoms with Crippen molar-refractivity contribution in [2.75, 3.05) is 0 Å². The van der Waals surface area contributed by atoms with E-state index >= 15 is 0 Å². The maximum absolute atomic E-state index is 6.96. The highest BCUT2D eigenvalue weighted by molar-refractivity contribution is 5.34. The van der Waals surface area contributed by atoms with Crippen molar-refractivity contribution in [2.24, 2.45) is 23.5 Å². The summed E-state index contributed by atoms with van der Waals surface area (Å²) in [5, 5.41) is 0. The Morgan fingerprint density at radius 3 is 2.52 bits per heavy atom. The topological polar surface area (TPSA) is 35.2 Å². The van der Waals surface area contributed by atoms with E-state index in [2.05, 4.69) is 52.8 Å². The fourth-order valence-electron chi connectivity index (χ4n) is 3.94. The lowest BCUT2D eigenvalue weighted by Gasteiger charge is -2.46. The van der Waals surface area contributed by atoms with E-state index in [0.29, 0.717) is 17.8 Å². The van der Waals surface area contributed by atoms with Crippen LogP contribution in [0.25, 0.3) is 0 Å². The van der Waals surface area contributed by atoms with E-state index in [1.807, 2.05) is 6.07 Å². The fraction of sp³-hybridized carbons (Fsp3) is 0.684. The minimum Gasteiger partial charge on any atom is -0.491 e. The first-order chi connectivity index (χ1) is 9.83. The second-order valence-corrected chi connectivity index (χ2v) is 7.47. The lowest BCUT2D eigenvalue weighted by atomic mass is 9.63. The minimum absolute atomic E-state index is 0.195. The van der Waals surface area contributed by atoms with Gasteiger partial charge in [0.1, 0.15) is 5.75 Å². The van der Waals surface area contributed by atoms with Gasteiger partial charge in [0.05, 0.1) is 6.10 Å². The normalized spacial score (nSPS) is 29.9. The smallest absolute Gasteiger partial charge is 0.120 e. The van der Waals surface area contributed by atoms with Crippen molar-refractivity contribution in [3.63, 3.8) is 0 Å². The first-order valence-electron chi connectivity index (χ1n) is 8.39. The molecule has 1 aliphatic carbocycles. The van der Waals surface area contributed by atoms with Crippen LogP contribution in [0.5, 0.6) is 5.75 Å². The molecular weight excluding hydrogens is 258 g/mol. The van der Waals surface area contributed by atoms with Crippen LogP contribution in [0.1, 0.15) is 59.4 Å². The molecule has 0 bridgehead atoms. The summed E-state index contributed by atoms with van der Waals surface area (Å²) in [6.07, 6.45) is 3.79.